The highest BCUT2D eigenvalue weighted by Crippen LogP contribution is 2.15. The largest absolute Gasteiger partial charge is 0.484 e. The number of para-hydroxylation sites is 1. The topological polar surface area (TPSA) is 99.5 Å². The van der Waals surface area contributed by atoms with E-state index in [1.807, 2.05) is 0 Å². The summed E-state index contributed by atoms with van der Waals surface area (Å²) in [6, 6.07) is 14.7. The number of carbonyl (C=O) groups excluding carboxylic acids is 2. The Hall–Kier alpha value is -4.01. The summed E-state index contributed by atoms with van der Waals surface area (Å²) in [6.07, 6.45) is 0. The first-order valence-corrected chi connectivity index (χ1v) is 9.03. The monoisotopic (exact) mass is 411 g/mol. The molecule has 1 amide bonds. The molecule has 0 unspecified atom stereocenters. The number of esters is 1. The molecular weight excluding hydrogens is 393 g/mol. The van der Waals surface area contributed by atoms with E-state index in [2.05, 4.69) is 10.4 Å². The van der Waals surface area contributed by atoms with E-state index < -0.39 is 23.3 Å². The highest BCUT2D eigenvalue weighted by molar-refractivity contribution is 6.00. The van der Waals surface area contributed by atoms with E-state index in [1.165, 1.54) is 12.1 Å². The van der Waals surface area contributed by atoms with Gasteiger partial charge in [0, 0.05) is 6.07 Å². The molecule has 0 saturated carbocycles. The smallest absolute Gasteiger partial charge is 0.360 e. The zero-order valence-corrected chi connectivity index (χ0v) is 16.0. The number of hydrogen-bond donors (Lipinski definition) is 1. The van der Waals surface area contributed by atoms with Crippen LogP contribution in [0, 0.1) is 5.82 Å². The van der Waals surface area contributed by atoms with Gasteiger partial charge in [-0.1, -0.05) is 18.2 Å². The minimum atomic E-state index is -0.826. The van der Waals surface area contributed by atoms with Crippen molar-refractivity contribution in [2.75, 3.05) is 18.5 Å². The Labute approximate surface area is 170 Å². The van der Waals surface area contributed by atoms with Crippen LogP contribution in [-0.2, 0) is 9.53 Å². The van der Waals surface area contributed by atoms with Gasteiger partial charge in [0.15, 0.2) is 12.3 Å². The Morgan fingerprint density at radius 3 is 2.47 bits per heavy atom. The molecule has 1 aromatic heterocycles. The summed E-state index contributed by atoms with van der Waals surface area (Å²) in [4.78, 5) is 37.1. The third-order valence-electron chi connectivity index (χ3n) is 3.86. The van der Waals surface area contributed by atoms with Crippen LogP contribution >= 0.6 is 0 Å². The van der Waals surface area contributed by atoms with Gasteiger partial charge in [-0.25, -0.2) is 9.18 Å². The summed E-state index contributed by atoms with van der Waals surface area (Å²) in [5.74, 6) is -1.42. The van der Waals surface area contributed by atoms with Crippen LogP contribution in [0.4, 0.5) is 10.1 Å². The van der Waals surface area contributed by atoms with E-state index in [4.69, 9.17) is 9.47 Å². The molecule has 0 aliphatic rings. The lowest BCUT2D eigenvalue weighted by molar-refractivity contribution is -0.118. The molecule has 3 rings (SSSR count). The molecule has 2 aromatic carbocycles. The number of amides is 1. The Bertz CT molecular complexity index is 1100. The van der Waals surface area contributed by atoms with Gasteiger partial charge in [-0.15, -0.1) is 0 Å². The Morgan fingerprint density at radius 1 is 1.10 bits per heavy atom. The fourth-order valence-electron chi connectivity index (χ4n) is 2.52. The van der Waals surface area contributed by atoms with E-state index in [0.29, 0.717) is 5.75 Å². The SMILES string of the molecule is CCOC(=O)c1nn(-c2ccc(F)cc2)c(=O)cc1NC(=O)COc1ccccc1. The summed E-state index contributed by atoms with van der Waals surface area (Å²) < 4.78 is 24.4. The van der Waals surface area contributed by atoms with Gasteiger partial charge in [0.2, 0.25) is 0 Å². The van der Waals surface area contributed by atoms with Crippen LogP contribution in [0.15, 0.2) is 65.5 Å². The van der Waals surface area contributed by atoms with Gasteiger partial charge >= 0.3 is 5.97 Å². The molecule has 0 aliphatic carbocycles. The van der Waals surface area contributed by atoms with Crippen LogP contribution < -0.4 is 15.6 Å². The standard InChI is InChI=1S/C21H18FN3O5/c1-2-29-21(28)20-17(23-18(26)13-30-16-6-4-3-5-7-16)12-19(27)25(24-20)15-10-8-14(22)9-11-15/h3-12H,2,13H2,1H3,(H,23,26). The lowest BCUT2D eigenvalue weighted by atomic mass is 10.3. The predicted molar refractivity (Wildman–Crippen MR) is 106 cm³/mol. The second kappa shape index (κ2) is 9.46. The van der Waals surface area contributed by atoms with Gasteiger partial charge in [0.25, 0.3) is 11.5 Å². The van der Waals surface area contributed by atoms with E-state index >= 15 is 0 Å². The molecule has 1 N–H and O–H groups in total. The first-order valence-electron chi connectivity index (χ1n) is 9.03. The Kier molecular flexibility index (Phi) is 6.53. The molecule has 0 bridgehead atoms. The average molecular weight is 411 g/mol. The van der Waals surface area contributed by atoms with Crippen molar-refractivity contribution in [3.8, 4) is 11.4 Å². The molecule has 0 atom stereocenters. The summed E-state index contributed by atoms with van der Waals surface area (Å²) in [7, 11) is 0. The van der Waals surface area contributed by atoms with E-state index in [1.54, 1.807) is 37.3 Å². The molecule has 0 spiro atoms. The molecule has 0 radical (unpaired) electrons. The Morgan fingerprint density at radius 2 is 1.80 bits per heavy atom. The maximum absolute atomic E-state index is 13.2. The maximum atomic E-state index is 13.2. The minimum absolute atomic E-state index is 0.0701. The van der Waals surface area contributed by atoms with Crippen molar-refractivity contribution in [3.63, 3.8) is 0 Å². The second-order valence-corrected chi connectivity index (χ2v) is 6.00. The number of nitrogens with one attached hydrogen (secondary N) is 1. The van der Waals surface area contributed by atoms with Crippen molar-refractivity contribution in [3.05, 3.63) is 82.5 Å². The fraction of sp³-hybridized carbons (Fsp3) is 0.143. The number of rotatable bonds is 7. The quantitative estimate of drug-likeness (QED) is 0.600. The van der Waals surface area contributed by atoms with Crippen LogP contribution in [-0.4, -0.2) is 34.9 Å². The fourth-order valence-corrected chi connectivity index (χ4v) is 2.52. The lowest BCUT2D eigenvalue weighted by Crippen LogP contribution is -2.28. The highest BCUT2D eigenvalue weighted by atomic mass is 19.1. The number of nitrogens with zero attached hydrogens (tertiary/aromatic N) is 2. The van der Waals surface area contributed by atoms with Gasteiger partial charge in [0.1, 0.15) is 11.6 Å². The molecule has 8 nitrogen and oxygen atoms in total. The molecular formula is C21H18FN3O5. The lowest BCUT2D eigenvalue weighted by Gasteiger charge is -2.13. The van der Waals surface area contributed by atoms with Crippen molar-refractivity contribution < 1.29 is 23.5 Å². The number of halogens is 1. The molecule has 154 valence electrons. The molecule has 9 heteroatoms. The normalized spacial score (nSPS) is 10.3. The van der Waals surface area contributed by atoms with Crippen molar-refractivity contribution in [2.24, 2.45) is 0 Å². The number of benzene rings is 2. The van der Waals surface area contributed by atoms with Crippen molar-refractivity contribution in [1.29, 1.82) is 0 Å². The number of ether oxygens (including phenoxy) is 2. The van der Waals surface area contributed by atoms with E-state index in [9.17, 15) is 18.8 Å². The molecule has 0 fully saturated rings. The molecule has 30 heavy (non-hydrogen) atoms. The Balaban J connectivity index is 1.87. The third kappa shape index (κ3) is 5.07. The molecule has 1 heterocycles. The van der Waals surface area contributed by atoms with Gasteiger partial charge in [-0.2, -0.15) is 9.78 Å². The number of carbonyl (C=O) groups is 2. The van der Waals surface area contributed by atoms with Gasteiger partial charge in [0.05, 0.1) is 18.0 Å². The zero-order chi connectivity index (χ0) is 21.5. The van der Waals surface area contributed by atoms with Crippen LogP contribution in [0.1, 0.15) is 17.4 Å². The molecule has 0 saturated heterocycles. The van der Waals surface area contributed by atoms with Crippen molar-refractivity contribution in [1.82, 2.24) is 9.78 Å². The number of anilines is 1. The van der Waals surface area contributed by atoms with E-state index in [-0.39, 0.29) is 30.3 Å². The van der Waals surface area contributed by atoms with Crippen molar-refractivity contribution in [2.45, 2.75) is 6.92 Å². The first-order chi connectivity index (χ1) is 14.5. The third-order valence-corrected chi connectivity index (χ3v) is 3.86. The van der Waals surface area contributed by atoms with Gasteiger partial charge in [-0.05, 0) is 43.3 Å². The van der Waals surface area contributed by atoms with Gasteiger partial charge < -0.3 is 14.8 Å². The molecule has 0 aliphatic heterocycles. The maximum Gasteiger partial charge on any atom is 0.360 e. The van der Waals surface area contributed by atoms with Gasteiger partial charge in [-0.3, -0.25) is 9.59 Å². The molecule has 3 aromatic rings. The summed E-state index contributed by atoms with van der Waals surface area (Å²) in [6.45, 7) is 1.34. The van der Waals surface area contributed by atoms with Crippen LogP contribution in [0.2, 0.25) is 0 Å². The number of hydrogen-bond acceptors (Lipinski definition) is 6. The second-order valence-electron chi connectivity index (χ2n) is 6.00. The van der Waals surface area contributed by atoms with Crippen molar-refractivity contribution >= 4 is 17.6 Å². The van der Waals surface area contributed by atoms with Crippen LogP contribution in [0.3, 0.4) is 0 Å². The average Bonchev–Trinajstić information content (AvgIpc) is 2.74. The van der Waals surface area contributed by atoms with Crippen LogP contribution in [0.25, 0.3) is 5.69 Å². The summed E-state index contributed by atoms with van der Waals surface area (Å²) in [5.41, 5.74) is -0.765. The highest BCUT2D eigenvalue weighted by Gasteiger charge is 2.20. The van der Waals surface area contributed by atoms with Crippen LogP contribution in [0.5, 0.6) is 5.75 Å². The zero-order valence-electron chi connectivity index (χ0n) is 16.0. The summed E-state index contributed by atoms with van der Waals surface area (Å²) in [5, 5.41) is 6.46. The summed E-state index contributed by atoms with van der Waals surface area (Å²) >= 11 is 0. The first kappa shape index (κ1) is 20.7. The van der Waals surface area contributed by atoms with E-state index in [0.717, 1.165) is 22.9 Å². The minimum Gasteiger partial charge on any atom is -0.484 e. The predicted octanol–water partition coefficient (Wildman–Crippen LogP) is 2.57. The number of aromatic nitrogens is 2.